The van der Waals surface area contributed by atoms with Gasteiger partial charge in [-0.2, -0.15) is 0 Å². The van der Waals surface area contributed by atoms with Crippen LogP contribution >= 0.6 is 11.6 Å². The first-order valence-corrected chi connectivity index (χ1v) is 5.92. The first-order valence-electron chi connectivity index (χ1n) is 5.54. The van der Waals surface area contributed by atoms with E-state index in [2.05, 4.69) is 4.98 Å². The summed E-state index contributed by atoms with van der Waals surface area (Å²) in [6.45, 7) is 0. The van der Waals surface area contributed by atoms with Gasteiger partial charge >= 0.3 is 0 Å². The third-order valence-electron chi connectivity index (χ3n) is 2.66. The van der Waals surface area contributed by atoms with Crippen LogP contribution in [-0.2, 0) is 6.42 Å². The molecule has 0 saturated heterocycles. The van der Waals surface area contributed by atoms with Gasteiger partial charge < -0.3 is 0 Å². The number of nitro benzene ring substituents is 1. The van der Waals surface area contributed by atoms with Crippen molar-refractivity contribution < 1.29 is 14.1 Å². The number of aromatic nitrogens is 1. The number of ketones is 1. The second-order valence-corrected chi connectivity index (χ2v) is 4.39. The van der Waals surface area contributed by atoms with Crippen LogP contribution in [0.15, 0.2) is 36.7 Å². The zero-order chi connectivity index (χ0) is 14.7. The molecule has 0 saturated carbocycles. The minimum absolute atomic E-state index is 0.161. The summed E-state index contributed by atoms with van der Waals surface area (Å²) in [5.74, 6) is -1.29. The Morgan fingerprint density at radius 2 is 2.15 bits per heavy atom. The van der Waals surface area contributed by atoms with Crippen molar-refractivity contribution in [3.63, 3.8) is 0 Å². The summed E-state index contributed by atoms with van der Waals surface area (Å²) in [5, 5.41) is 11.1. The van der Waals surface area contributed by atoms with E-state index in [-0.39, 0.29) is 17.0 Å². The first kappa shape index (κ1) is 14.1. The Bertz CT molecular complexity index is 691. The minimum atomic E-state index is -0.721. The molecule has 1 heterocycles. The number of halogens is 2. The quantitative estimate of drug-likeness (QED) is 0.493. The van der Waals surface area contributed by atoms with Crippen molar-refractivity contribution >= 4 is 23.1 Å². The molecule has 0 aliphatic carbocycles. The van der Waals surface area contributed by atoms with E-state index in [9.17, 15) is 19.3 Å². The van der Waals surface area contributed by atoms with Crippen LogP contribution in [0.4, 0.5) is 10.1 Å². The predicted octanol–water partition coefficient (Wildman–Crippen LogP) is 3.21. The molecule has 0 aliphatic rings. The molecule has 0 aliphatic heterocycles. The van der Waals surface area contributed by atoms with Crippen molar-refractivity contribution in [2.45, 2.75) is 6.42 Å². The Labute approximate surface area is 118 Å². The fraction of sp³-hybridized carbons (Fsp3) is 0.0769. The van der Waals surface area contributed by atoms with E-state index in [1.54, 1.807) is 0 Å². The van der Waals surface area contributed by atoms with Crippen molar-refractivity contribution in [3.8, 4) is 0 Å². The van der Waals surface area contributed by atoms with Gasteiger partial charge in [0.05, 0.1) is 15.5 Å². The first-order chi connectivity index (χ1) is 9.49. The van der Waals surface area contributed by atoms with Gasteiger partial charge in [-0.3, -0.25) is 19.9 Å². The Hall–Kier alpha value is -2.34. The molecule has 0 bridgehead atoms. The standard InChI is InChI=1S/C13H8ClFN2O3/c14-11-7-16-4-3-8(11)5-13(18)10-6-9(15)1-2-12(10)17(19)20/h1-4,6-7H,5H2. The number of carbonyl (C=O) groups excluding carboxylic acids is 1. The summed E-state index contributed by atoms with van der Waals surface area (Å²) in [6, 6.07) is 4.30. The van der Waals surface area contributed by atoms with Crippen LogP contribution in [0.2, 0.25) is 5.02 Å². The number of hydrogen-bond acceptors (Lipinski definition) is 4. The molecule has 7 heteroatoms. The van der Waals surface area contributed by atoms with E-state index in [1.165, 1.54) is 18.5 Å². The van der Waals surface area contributed by atoms with Crippen LogP contribution in [0, 0.1) is 15.9 Å². The maximum Gasteiger partial charge on any atom is 0.280 e. The van der Waals surface area contributed by atoms with Crippen LogP contribution in [0.25, 0.3) is 0 Å². The summed E-state index contributed by atoms with van der Waals surface area (Å²) < 4.78 is 13.2. The molecule has 0 atom stereocenters. The van der Waals surface area contributed by atoms with Crippen LogP contribution < -0.4 is 0 Å². The van der Waals surface area contributed by atoms with E-state index in [0.717, 1.165) is 18.2 Å². The smallest absolute Gasteiger partial charge is 0.280 e. The van der Waals surface area contributed by atoms with E-state index in [4.69, 9.17) is 11.6 Å². The summed E-state index contributed by atoms with van der Waals surface area (Å²) in [6.07, 6.45) is 2.66. The third-order valence-corrected chi connectivity index (χ3v) is 3.00. The number of hydrogen-bond donors (Lipinski definition) is 0. The number of nitrogens with zero attached hydrogens (tertiary/aromatic N) is 2. The molecule has 2 aromatic rings. The van der Waals surface area contributed by atoms with Crippen LogP contribution in [0.1, 0.15) is 15.9 Å². The second-order valence-electron chi connectivity index (χ2n) is 3.99. The monoisotopic (exact) mass is 294 g/mol. The molecule has 0 fully saturated rings. The fourth-order valence-corrected chi connectivity index (χ4v) is 1.89. The van der Waals surface area contributed by atoms with Gasteiger partial charge in [0, 0.05) is 24.9 Å². The Morgan fingerprint density at radius 3 is 2.80 bits per heavy atom. The lowest BCUT2D eigenvalue weighted by molar-refractivity contribution is -0.385. The molecule has 102 valence electrons. The zero-order valence-corrected chi connectivity index (χ0v) is 10.8. The number of nitro groups is 1. The van der Waals surface area contributed by atoms with Crippen LogP contribution in [0.5, 0.6) is 0 Å². The maximum atomic E-state index is 13.2. The normalized spacial score (nSPS) is 10.3. The number of rotatable bonds is 4. The highest BCUT2D eigenvalue weighted by molar-refractivity contribution is 6.31. The van der Waals surface area contributed by atoms with Gasteiger partial charge in [0.2, 0.25) is 0 Å². The predicted molar refractivity (Wildman–Crippen MR) is 70.3 cm³/mol. The topological polar surface area (TPSA) is 73.1 Å². The van der Waals surface area contributed by atoms with Gasteiger partial charge in [0.25, 0.3) is 5.69 Å². The Morgan fingerprint density at radius 1 is 1.40 bits per heavy atom. The summed E-state index contributed by atoms with van der Waals surface area (Å²) in [7, 11) is 0. The van der Waals surface area contributed by atoms with Crippen molar-refractivity contribution in [3.05, 3.63) is 68.7 Å². The van der Waals surface area contributed by atoms with Crippen molar-refractivity contribution in [2.75, 3.05) is 0 Å². The second kappa shape index (κ2) is 5.75. The van der Waals surface area contributed by atoms with Crippen LogP contribution in [-0.4, -0.2) is 15.7 Å². The lowest BCUT2D eigenvalue weighted by Gasteiger charge is -2.04. The molecular weight excluding hydrogens is 287 g/mol. The molecule has 1 aromatic heterocycles. The van der Waals surface area contributed by atoms with Gasteiger partial charge in [-0.1, -0.05) is 11.6 Å². The fourth-order valence-electron chi connectivity index (χ4n) is 1.71. The molecular formula is C13H8ClFN2O3. The molecule has 5 nitrogen and oxygen atoms in total. The molecule has 0 spiro atoms. The van der Waals surface area contributed by atoms with E-state index in [1.807, 2.05) is 0 Å². The number of pyridine rings is 1. The maximum absolute atomic E-state index is 13.2. The van der Waals surface area contributed by atoms with E-state index in [0.29, 0.717) is 5.56 Å². The van der Waals surface area contributed by atoms with E-state index < -0.39 is 22.2 Å². The molecule has 2 rings (SSSR count). The number of Topliss-reactive ketones (excluding diaryl/α,β-unsaturated/α-hetero) is 1. The largest absolute Gasteiger partial charge is 0.294 e. The van der Waals surface area contributed by atoms with Gasteiger partial charge in [0.1, 0.15) is 5.82 Å². The van der Waals surface area contributed by atoms with Gasteiger partial charge in [-0.15, -0.1) is 0 Å². The third kappa shape index (κ3) is 2.97. The molecule has 0 unspecified atom stereocenters. The lowest BCUT2D eigenvalue weighted by atomic mass is 10.0. The highest BCUT2D eigenvalue weighted by Crippen LogP contribution is 2.23. The summed E-state index contributed by atoms with van der Waals surface area (Å²) in [4.78, 5) is 26.0. The summed E-state index contributed by atoms with van der Waals surface area (Å²) >= 11 is 5.87. The highest BCUT2D eigenvalue weighted by Gasteiger charge is 2.21. The van der Waals surface area contributed by atoms with Crippen LogP contribution in [0.3, 0.4) is 0 Å². The molecule has 0 radical (unpaired) electrons. The van der Waals surface area contributed by atoms with Gasteiger partial charge in [0.15, 0.2) is 5.78 Å². The van der Waals surface area contributed by atoms with Crippen molar-refractivity contribution in [1.29, 1.82) is 0 Å². The average Bonchev–Trinajstić information content (AvgIpc) is 2.40. The molecule has 1 aromatic carbocycles. The zero-order valence-electron chi connectivity index (χ0n) is 10.0. The molecule has 0 N–H and O–H groups in total. The van der Waals surface area contributed by atoms with E-state index >= 15 is 0 Å². The minimum Gasteiger partial charge on any atom is -0.294 e. The number of benzene rings is 1. The number of carbonyl (C=O) groups is 1. The lowest BCUT2D eigenvalue weighted by Crippen LogP contribution is -2.08. The van der Waals surface area contributed by atoms with Gasteiger partial charge in [-0.05, 0) is 23.8 Å². The molecule has 20 heavy (non-hydrogen) atoms. The SMILES string of the molecule is O=C(Cc1ccncc1Cl)c1cc(F)ccc1[N+](=O)[O-]. The average molecular weight is 295 g/mol. The van der Waals surface area contributed by atoms with Crippen molar-refractivity contribution in [2.24, 2.45) is 0 Å². The van der Waals surface area contributed by atoms with Gasteiger partial charge in [-0.25, -0.2) is 4.39 Å². The highest BCUT2D eigenvalue weighted by atomic mass is 35.5. The Kier molecular flexibility index (Phi) is 4.05. The molecule has 0 amide bonds. The Balaban J connectivity index is 2.37. The van der Waals surface area contributed by atoms with Crippen molar-refractivity contribution in [1.82, 2.24) is 4.98 Å². The summed E-state index contributed by atoms with van der Waals surface area (Å²) in [5.41, 5.74) is -0.227.